The van der Waals surface area contributed by atoms with E-state index in [-0.39, 0.29) is 41.5 Å². The molecule has 5 heterocycles. The minimum absolute atomic E-state index is 0.0482. The van der Waals surface area contributed by atoms with Crippen molar-refractivity contribution in [2.24, 2.45) is 23.2 Å². The Morgan fingerprint density at radius 2 is 1.95 bits per heavy atom. The SMILES string of the molecule is CC1(C)C2C(=O)N(Cc3cc4nccc(-c5cc(Cl)cc6ccn(CC7CCNC[C@@H]7F)c56)c4s3)C(=O)C21. The first kappa shape index (κ1) is 24.2. The number of carbonyl (C=O) groups excluding carboxylic acids is 2. The van der Waals surface area contributed by atoms with Gasteiger partial charge in [-0.25, -0.2) is 4.39 Å². The van der Waals surface area contributed by atoms with Crippen LogP contribution in [0.1, 0.15) is 25.1 Å². The summed E-state index contributed by atoms with van der Waals surface area (Å²) in [6.45, 7) is 6.08. The van der Waals surface area contributed by atoms with E-state index in [9.17, 15) is 14.0 Å². The maximum absolute atomic E-state index is 14.7. The second-order valence-electron chi connectivity index (χ2n) is 11.5. The number of carbonyl (C=O) groups is 2. The quantitative estimate of drug-likeness (QED) is 0.326. The summed E-state index contributed by atoms with van der Waals surface area (Å²) in [5, 5.41) is 4.78. The Morgan fingerprint density at radius 1 is 1.16 bits per heavy atom. The van der Waals surface area contributed by atoms with Crippen LogP contribution in [0.25, 0.3) is 32.2 Å². The van der Waals surface area contributed by atoms with Gasteiger partial charge in [0.25, 0.3) is 0 Å². The highest BCUT2D eigenvalue weighted by molar-refractivity contribution is 7.19. The molecular weight excluding hydrogens is 523 g/mol. The number of hydrogen-bond donors (Lipinski definition) is 1. The number of alkyl halides is 1. The largest absolute Gasteiger partial charge is 0.347 e. The van der Waals surface area contributed by atoms with Crippen LogP contribution in [0, 0.1) is 23.2 Å². The third-order valence-corrected chi connectivity index (χ3v) is 10.1. The van der Waals surface area contributed by atoms with E-state index < -0.39 is 6.17 Å². The molecule has 2 aliphatic heterocycles. The maximum Gasteiger partial charge on any atom is 0.234 e. The first-order valence-electron chi connectivity index (χ1n) is 13.1. The number of benzene rings is 1. The maximum atomic E-state index is 14.7. The number of pyridine rings is 1. The minimum Gasteiger partial charge on any atom is -0.347 e. The van der Waals surface area contributed by atoms with E-state index >= 15 is 0 Å². The highest BCUT2D eigenvalue weighted by Crippen LogP contribution is 2.63. The van der Waals surface area contributed by atoms with Gasteiger partial charge in [0.1, 0.15) is 6.17 Å². The third kappa shape index (κ3) is 3.64. The molecule has 0 spiro atoms. The molecule has 4 aromatic rings. The molecule has 196 valence electrons. The van der Waals surface area contributed by atoms with E-state index in [4.69, 9.17) is 11.6 Å². The van der Waals surface area contributed by atoms with Crippen molar-refractivity contribution in [3.05, 3.63) is 52.6 Å². The first-order chi connectivity index (χ1) is 18.2. The summed E-state index contributed by atoms with van der Waals surface area (Å²) in [5.74, 6) is -0.542. The lowest BCUT2D eigenvalue weighted by atomic mass is 9.96. The molecule has 3 unspecified atom stereocenters. The van der Waals surface area contributed by atoms with Crippen LogP contribution >= 0.6 is 22.9 Å². The van der Waals surface area contributed by atoms with Crippen LogP contribution in [0.5, 0.6) is 0 Å². The van der Waals surface area contributed by atoms with Crippen molar-refractivity contribution < 1.29 is 14.0 Å². The molecule has 3 aliphatic rings. The average molecular weight is 551 g/mol. The third-order valence-electron chi connectivity index (χ3n) is 8.76. The smallest absolute Gasteiger partial charge is 0.234 e. The number of hydrogen-bond acceptors (Lipinski definition) is 5. The number of imide groups is 1. The van der Waals surface area contributed by atoms with Gasteiger partial charge in [-0.1, -0.05) is 25.4 Å². The molecule has 6 nitrogen and oxygen atoms in total. The van der Waals surface area contributed by atoms with E-state index in [1.54, 1.807) is 17.5 Å². The fourth-order valence-electron chi connectivity index (χ4n) is 6.60. The topological polar surface area (TPSA) is 67.2 Å². The van der Waals surface area contributed by atoms with E-state index in [0.717, 1.165) is 50.1 Å². The number of thiophene rings is 1. The van der Waals surface area contributed by atoms with E-state index in [2.05, 4.69) is 14.9 Å². The van der Waals surface area contributed by atoms with Crippen LogP contribution in [0.2, 0.25) is 5.02 Å². The van der Waals surface area contributed by atoms with Gasteiger partial charge >= 0.3 is 0 Å². The number of amides is 2. The Kier molecular flexibility index (Phi) is 5.49. The van der Waals surface area contributed by atoms with Gasteiger partial charge in [-0.3, -0.25) is 19.5 Å². The number of aromatic nitrogens is 2. The van der Waals surface area contributed by atoms with E-state index in [1.807, 2.05) is 50.4 Å². The summed E-state index contributed by atoms with van der Waals surface area (Å²) in [7, 11) is 0. The number of rotatable bonds is 5. The van der Waals surface area contributed by atoms with Crippen LogP contribution < -0.4 is 5.32 Å². The number of halogens is 2. The highest BCUT2D eigenvalue weighted by atomic mass is 35.5. The van der Waals surface area contributed by atoms with Crippen molar-refractivity contribution in [2.75, 3.05) is 13.1 Å². The first-order valence-corrected chi connectivity index (χ1v) is 14.3. The zero-order chi connectivity index (χ0) is 26.3. The van der Waals surface area contributed by atoms with Crippen LogP contribution in [0.4, 0.5) is 4.39 Å². The van der Waals surface area contributed by atoms with Crippen molar-refractivity contribution >= 4 is 55.9 Å². The molecule has 9 heteroatoms. The molecule has 1 saturated carbocycles. The summed E-state index contributed by atoms with van der Waals surface area (Å²) in [5.41, 5.74) is 3.58. The van der Waals surface area contributed by atoms with Crippen molar-refractivity contribution in [3.63, 3.8) is 0 Å². The predicted molar refractivity (Wildman–Crippen MR) is 148 cm³/mol. The van der Waals surface area contributed by atoms with Gasteiger partial charge in [0.05, 0.1) is 34.1 Å². The molecule has 38 heavy (non-hydrogen) atoms. The highest BCUT2D eigenvalue weighted by Gasteiger charge is 2.72. The number of likely N-dealkylation sites (tertiary alicyclic amines) is 1. The molecule has 2 saturated heterocycles. The molecule has 2 amide bonds. The minimum atomic E-state index is -0.878. The Morgan fingerprint density at radius 3 is 2.71 bits per heavy atom. The Labute approximate surface area is 228 Å². The van der Waals surface area contributed by atoms with E-state index in [0.29, 0.717) is 18.1 Å². The molecule has 3 fully saturated rings. The molecule has 4 atom stereocenters. The zero-order valence-corrected chi connectivity index (χ0v) is 22.8. The number of nitrogens with one attached hydrogen (secondary N) is 1. The van der Waals surface area contributed by atoms with Crippen LogP contribution in [-0.2, 0) is 22.7 Å². The zero-order valence-electron chi connectivity index (χ0n) is 21.2. The standard InChI is InChI=1S/C29H28ClFN4O2S/c1-29(2)23-24(29)28(37)35(27(23)36)14-18-11-22-26(38-18)19(4-7-33-22)20-10-17(30)9-15-5-8-34(25(15)20)13-16-3-6-32-12-21(16)31/h4-5,7-11,16,21,23-24,32H,3,6,12-14H2,1-2H3/t16?,21-,23?,24?/m0/s1. The lowest BCUT2D eigenvalue weighted by Crippen LogP contribution is -2.39. The van der Waals surface area contributed by atoms with Crippen molar-refractivity contribution in [3.8, 4) is 11.1 Å². The monoisotopic (exact) mass is 550 g/mol. The lowest BCUT2D eigenvalue weighted by Gasteiger charge is -2.27. The normalized spacial score (nSPS) is 26.5. The van der Waals surface area contributed by atoms with Crippen LogP contribution in [-0.4, -0.2) is 45.5 Å². The van der Waals surface area contributed by atoms with Crippen LogP contribution in [0.3, 0.4) is 0 Å². The number of fused-ring (bicyclic) bond motifs is 3. The molecule has 0 bridgehead atoms. The summed E-state index contributed by atoms with van der Waals surface area (Å²) in [4.78, 5) is 32.7. The summed E-state index contributed by atoms with van der Waals surface area (Å²) in [6, 6.07) is 9.91. The molecule has 0 radical (unpaired) electrons. The van der Waals surface area contributed by atoms with Crippen molar-refractivity contribution in [2.45, 2.75) is 39.5 Å². The molecule has 1 aliphatic carbocycles. The van der Waals surface area contributed by atoms with Gasteiger partial charge in [0, 0.05) is 57.8 Å². The molecule has 1 aromatic carbocycles. The number of nitrogens with zero attached hydrogens (tertiary/aromatic N) is 3. The average Bonchev–Trinajstić information content (AvgIpc) is 3.23. The van der Waals surface area contributed by atoms with Crippen molar-refractivity contribution in [1.29, 1.82) is 0 Å². The number of piperidine rings is 2. The molecule has 1 N–H and O–H groups in total. The van der Waals surface area contributed by atoms with E-state index in [1.165, 1.54) is 4.90 Å². The fraction of sp³-hybridized carbons (Fsp3) is 0.414. The van der Waals surface area contributed by atoms with Crippen molar-refractivity contribution in [1.82, 2.24) is 19.8 Å². The Balaban J connectivity index is 1.27. The molecule has 3 aromatic heterocycles. The molecular formula is C29H28ClFN4O2S. The Bertz CT molecular complexity index is 1600. The van der Waals surface area contributed by atoms with Gasteiger partial charge in [-0.05, 0) is 48.7 Å². The second-order valence-corrected chi connectivity index (χ2v) is 13.0. The summed E-state index contributed by atoms with van der Waals surface area (Å²) in [6.07, 6.45) is 3.72. The van der Waals surface area contributed by atoms with Gasteiger partial charge in [-0.2, -0.15) is 0 Å². The second kappa shape index (κ2) is 8.60. The molecule has 7 rings (SSSR count). The summed E-state index contributed by atoms with van der Waals surface area (Å²) < 4.78 is 17.8. The van der Waals surface area contributed by atoms with Gasteiger partial charge in [0.15, 0.2) is 0 Å². The Hall–Kier alpha value is -2.81. The van der Waals surface area contributed by atoms with Gasteiger partial charge < -0.3 is 9.88 Å². The lowest BCUT2D eigenvalue weighted by molar-refractivity contribution is -0.143. The van der Waals surface area contributed by atoms with Gasteiger partial charge in [0.2, 0.25) is 11.8 Å². The fourth-order valence-corrected chi connectivity index (χ4v) is 7.95. The van der Waals surface area contributed by atoms with Crippen LogP contribution in [0.15, 0.2) is 42.7 Å². The van der Waals surface area contributed by atoms with Gasteiger partial charge in [-0.15, -0.1) is 11.3 Å². The predicted octanol–water partition coefficient (Wildman–Crippen LogP) is 5.66. The summed E-state index contributed by atoms with van der Waals surface area (Å²) >= 11 is 8.12.